The molecule has 1 aromatic carbocycles. The molecule has 0 heterocycles. The monoisotopic (exact) mass is 289 g/mol. The van der Waals surface area contributed by atoms with Gasteiger partial charge in [-0.05, 0) is 56.0 Å². The smallest absolute Gasteiger partial charge is 0.119 e. The average Bonchev–Trinajstić information content (AvgIpc) is 2.53. The van der Waals surface area contributed by atoms with Gasteiger partial charge in [-0.3, -0.25) is 0 Å². The molecule has 21 heavy (non-hydrogen) atoms. The molecule has 1 atom stereocenters. The molecule has 0 saturated carbocycles. The summed E-state index contributed by atoms with van der Waals surface area (Å²) in [6, 6.07) is 7.17. The molecule has 0 aromatic heterocycles. The summed E-state index contributed by atoms with van der Waals surface area (Å²) < 4.78 is 5.94. The Hall–Kier alpha value is -1.02. The Kier molecular flexibility index (Phi) is 7.08. The molecule has 1 aliphatic carbocycles. The fourth-order valence-electron chi connectivity index (χ4n) is 3.24. The summed E-state index contributed by atoms with van der Waals surface area (Å²) in [6.45, 7) is 3.12. The number of fused-ring (bicyclic) bond motifs is 1. The van der Waals surface area contributed by atoms with Gasteiger partial charge in [-0.1, -0.05) is 45.1 Å². The van der Waals surface area contributed by atoms with Crippen molar-refractivity contribution in [3.63, 3.8) is 0 Å². The third-order valence-electron chi connectivity index (χ3n) is 4.55. The summed E-state index contributed by atoms with van der Waals surface area (Å²) in [5.74, 6) is 1.05. The highest BCUT2D eigenvalue weighted by molar-refractivity contribution is 5.39. The summed E-state index contributed by atoms with van der Waals surface area (Å²) >= 11 is 0. The maximum absolute atomic E-state index is 5.94. The Balaban J connectivity index is 1.76. The molecule has 1 N–H and O–H groups in total. The Morgan fingerprint density at radius 1 is 1.14 bits per heavy atom. The molecule has 0 spiro atoms. The van der Waals surface area contributed by atoms with Crippen LogP contribution in [0.5, 0.6) is 5.75 Å². The Morgan fingerprint density at radius 2 is 1.95 bits per heavy atom. The molecule has 0 amide bonds. The van der Waals surface area contributed by atoms with E-state index in [2.05, 4.69) is 37.5 Å². The van der Waals surface area contributed by atoms with E-state index in [1.54, 1.807) is 0 Å². The van der Waals surface area contributed by atoms with E-state index >= 15 is 0 Å². The minimum Gasteiger partial charge on any atom is -0.494 e. The predicted octanol–water partition coefficient (Wildman–Crippen LogP) is 5.02. The van der Waals surface area contributed by atoms with Crippen LogP contribution in [0.3, 0.4) is 0 Å². The highest BCUT2D eigenvalue weighted by Gasteiger charge is 2.19. The molecule has 118 valence electrons. The van der Waals surface area contributed by atoms with Crippen molar-refractivity contribution in [3.8, 4) is 5.75 Å². The van der Waals surface area contributed by atoms with Crippen molar-refractivity contribution >= 4 is 0 Å². The molecule has 2 rings (SSSR count). The van der Waals surface area contributed by atoms with Gasteiger partial charge in [0.05, 0.1) is 6.61 Å². The molecule has 1 unspecified atom stereocenters. The molecule has 1 aliphatic rings. The number of nitrogens with one attached hydrogen (secondary N) is 1. The molecule has 0 saturated heterocycles. The summed E-state index contributed by atoms with van der Waals surface area (Å²) in [4.78, 5) is 0. The van der Waals surface area contributed by atoms with Crippen LogP contribution in [0.25, 0.3) is 0 Å². The Morgan fingerprint density at radius 3 is 2.76 bits per heavy atom. The summed E-state index contributed by atoms with van der Waals surface area (Å²) in [7, 11) is 2.06. The van der Waals surface area contributed by atoms with Crippen LogP contribution in [0.1, 0.15) is 75.5 Å². The van der Waals surface area contributed by atoms with Crippen LogP contribution in [-0.2, 0) is 6.42 Å². The van der Waals surface area contributed by atoms with Crippen LogP contribution in [0.2, 0.25) is 0 Å². The van der Waals surface area contributed by atoms with Crippen LogP contribution in [-0.4, -0.2) is 13.7 Å². The van der Waals surface area contributed by atoms with Gasteiger partial charge < -0.3 is 10.1 Å². The number of hydrogen-bond donors (Lipinski definition) is 1. The second-order valence-electron chi connectivity index (χ2n) is 6.21. The zero-order valence-electron chi connectivity index (χ0n) is 13.8. The van der Waals surface area contributed by atoms with Crippen molar-refractivity contribution in [2.45, 2.75) is 70.8 Å². The van der Waals surface area contributed by atoms with Crippen LogP contribution < -0.4 is 10.1 Å². The highest BCUT2D eigenvalue weighted by atomic mass is 16.5. The van der Waals surface area contributed by atoms with Gasteiger partial charge in [-0.2, -0.15) is 0 Å². The maximum Gasteiger partial charge on any atom is 0.119 e. The largest absolute Gasteiger partial charge is 0.494 e. The van der Waals surface area contributed by atoms with Crippen molar-refractivity contribution in [2.75, 3.05) is 13.7 Å². The summed E-state index contributed by atoms with van der Waals surface area (Å²) in [5, 5.41) is 3.43. The minimum atomic E-state index is 0.506. The quantitative estimate of drug-likeness (QED) is 0.644. The minimum absolute atomic E-state index is 0.506. The van der Waals surface area contributed by atoms with Gasteiger partial charge >= 0.3 is 0 Å². The van der Waals surface area contributed by atoms with Crippen molar-refractivity contribution in [2.24, 2.45) is 0 Å². The molecular weight excluding hydrogens is 258 g/mol. The van der Waals surface area contributed by atoms with E-state index in [1.807, 2.05) is 0 Å². The number of hydrogen-bond acceptors (Lipinski definition) is 2. The molecule has 0 radical (unpaired) electrons. The fourth-order valence-corrected chi connectivity index (χ4v) is 3.24. The number of benzene rings is 1. The maximum atomic E-state index is 5.94. The van der Waals surface area contributed by atoms with Crippen LogP contribution in [0, 0.1) is 0 Å². The lowest BCUT2D eigenvalue weighted by molar-refractivity contribution is 0.303. The van der Waals surface area contributed by atoms with Gasteiger partial charge in [0.15, 0.2) is 0 Å². The standard InChI is InChI=1S/C19H31NO/c1-3-4-5-6-7-8-14-21-17-13-12-16-10-9-11-19(20-2)18(16)15-17/h12-13,15,19-20H,3-11,14H2,1-2H3. The van der Waals surface area contributed by atoms with E-state index in [1.165, 1.54) is 68.9 Å². The molecule has 0 aliphatic heterocycles. The van der Waals surface area contributed by atoms with Gasteiger partial charge in [0.1, 0.15) is 5.75 Å². The summed E-state index contributed by atoms with van der Waals surface area (Å²) in [5.41, 5.74) is 2.94. The predicted molar refractivity (Wildman–Crippen MR) is 90.1 cm³/mol. The van der Waals surface area contributed by atoms with Gasteiger partial charge in [-0.15, -0.1) is 0 Å². The first-order valence-corrected chi connectivity index (χ1v) is 8.78. The van der Waals surface area contributed by atoms with E-state index < -0.39 is 0 Å². The molecule has 2 nitrogen and oxygen atoms in total. The Labute approximate surface area is 130 Å². The molecule has 0 bridgehead atoms. The van der Waals surface area contributed by atoms with Crippen molar-refractivity contribution in [1.29, 1.82) is 0 Å². The normalized spacial score (nSPS) is 17.5. The van der Waals surface area contributed by atoms with Crippen LogP contribution >= 0.6 is 0 Å². The van der Waals surface area contributed by atoms with Crippen molar-refractivity contribution in [1.82, 2.24) is 5.32 Å². The van der Waals surface area contributed by atoms with E-state index in [0.29, 0.717) is 6.04 Å². The molecular formula is C19H31NO. The molecule has 1 aromatic rings. The van der Waals surface area contributed by atoms with Gasteiger partial charge in [-0.25, -0.2) is 0 Å². The lowest BCUT2D eigenvalue weighted by Crippen LogP contribution is -2.21. The first kappa shape index (κ1) is 16.4. The summed E-state index contributed by atoms with van der Waals surface area (Å²) in [6.07, 6.45) is 11.6. The lowest BCUT2D eigenvalue weighted by Gasteiger charge is -2.25. The van der Waals surface area contributed by atoms with Crippen molar-refractivity contribution < 1.29 is 4.74 Å². The van der Waals surface area contributed by atoms with Gasteiger partial charge in [0.2, 0.25) is 0 Å². The third-order valence-corrected chi connectivity index (χ3v) is 4.55. The molecule has 2 heteroatoms. The number of rotatable bonds is 9. The second-order valence-corrected chi connectivity index (χ2v) is 6.21. The third kappa shape index (κ3) is 5.03. The lowest BCUT2D eigenvalue weighted by atomic mass is 9.87. The first-order chi connectivity index (χ1) is 10.3. The zero-order valence-corrected chi connectivity index (χ0v) is 13.8. The van der Waals surface area contributed by atoms with Gasteiger partial charge in [0, 0.05) is 6.04 Å². The Bertz CT molecular complexity index is 416. The van der Waals surface area contributed by atoms with Crippen molar-refractivity contribution in [3.05, 3.63) is 29.3 Å². The average molecular weight is 289 g/mol. The van der Waals surface area contributed by atoms with E-state index in [-0.39, 0.29) is 0 Å². The van der Waals surface area contributed by atoms with Crippen LogP contribution in [0.15, 0.2) is 18.2 Å². The fraction of sp³-hybridized carbons (Fsp3) is 0.684. The zero-order chi connectivity index (χ0) is 14.9. The van der Waals surface area contributed by atoms with Gasteiger partial charge in [0.25, 0.3) is 0 Å². The highest BCUT2D eigenvalue weighted by Crippen LogP contribution is 2.32. The van der Waals surface area contributed by atoms with E-state index in [4.69, 9.17) is 4.74 Å². The topological polar surface area (TPSA) is 21.3 Å². The molecule has 0 fully saturated rings. The number of aryl methyl sites for hydroxylation is 1. The van der Waals surface area contributed by atoms with E-state index in [0.717, 1.165) is 12.4 Å². The second kappa shape index (κ2) is 9.09. The van der Waals surface area contributed by atoms with E-state index in [9.17, 15) is 0 Å². The van der Waals surface area contributed by atoms with Crippen LogP contribution in [0.4, 0.5) is 0 Å². The first-order valence-electron chi connectivity index (χ1n) is 8.78. The number of ether oxygens (including phenoxy) is 1. The number of unbranched alkanes of at least 4 members (excludes halogenated alkanes) is 5. The SMILES string of the molecule is CCCCCCCCOc1ccc2c(c1)C(NC)CCC2.